The molecule has 4 rings (SSSR count). The van der Waals surface area contributed by atoms with Crippen molar-refractivity contribution in [2.45, 2.75) is 33.5 Å². The van der Waals surface area contributed by atoms with Gasteiger partial charge in [-0.3, -0.25) is 9.59 Å². The van der Waals surface area contributed by atoms with E-state index in [0.717, 1.165) is 12.3 Å². The molecular weight excluding hydrogens is 542 g/mol. The molecule has 0 saturated carbocycles. The molecule has 0 radical (unpaired) electrons. The van der Waals surface area contributed by atoms with E-state index in [9.17, 15) is 22.8 Å². The van der Waals surface area contributed by atoms with Crippen molar-refractivity contribution >= 4 is 51.6 Å². The summed E-state index contributed by atoms with van der Waals surface area (Å²) in [6, 6.07) is 10.2. The van der Waals surface area contributed by atoms with Crippen LogP contribution in [0.3, 0.4) is 0 Å². The fraction of sp³-hybridized carbons (Fsp3) is 0.231. The first-order valence-corrected chi connectivity index (χ1v) is 12.1. The first-order valence-electron chi connectivity index (χ1n) is 11.3. The summed E-state index contributed by atoms with van der Waals surface area (Å²) in [5.41, 5.74) is 0.147. The van der Waals surface area contributed by atoms with E-state index in [0.29, 0.717) is 22.2 Å². The van der Waals surface area contributed by atoms with Gasteiger partial charge in [-0.1, -0.05) is 56.1 Å². The molecule has 2 N–H and O–H groups in total. The van der Waals surface area contributed by atoms with Crippen LogP contribution in [-0.2, 0) is 17.5 Å². The zero-order chi connectivity index (χ0) is 27.8. The number of halogens is 5. The van der Waals surface area contributed by atoms with E-state index in [1.807, 2.05) is 0 Å². The van der Waals surface area contributed by atoms with Crippen LogP contribution in [0.4, 0.5) is 18.9 Å². The summed E-state index contributed by atoms with van der Waals surface area (Å²) < 4.78 is 40.0. The monoisotopic (exact) mass is 563 g/mol. The molecule has 198 valence electrons. The van der Waals surface area contributed by atoms with Gasteiger partial charge in [0.1, 0.15) is 5.69 Å². The lowest BCUT2D eigenvalue weighted by molar-refractivity contribution is -0.141. The van der Waals surface area contributed by atoms with Gasteiger partial charge in [0.2, 0.25) is 5.91 Å². The van der Waals surface area contributed by atoms with Crippen LogP contribution in [0.1, 0.15) is 42.4 Å². The Balaban J connectivity index is 1.62. The molecule has 7 nitrogen and oxygen atoms in total. The van der Waals surface area contributed by atoms with E-state index < -0.39 is 23.2 Å². The molecule has 2 aromatic carbocycles. The molecule has 0 aliphatic rings. The van der Waals surface area contributed by atoms with Crippen molar-refractivity contribution in [3.8, 4) is 5.69 Å². The number of alkyl halides is 3. The van der Waals surface area contributed by atoms with Crippen molar-refractivity contribution < 1.29 is 22.8 Å². The number of aromatic nitrogens is 3. The fourth-order valence-corrected chi connectivity index (χ4v) is 4.09. The second-order valence-corrected chi connectivity index (χ2v) is 10.3. The standard InChI is InChI=1S/C26H22Cl2F3N5O2/c1-25(2,3)24(38)33-11-14-5-4-6-16(21(14)28)23(37)35-22-17-13-34-36(19(17)9-8-18(22)27)15-7-10-20(32-12-15)26(29,30)31/h4-10,12-13H,11H2,1-3H3,(H,33,38)(H,35,37). The molecule has 0 spiro atoms. The number of hydrogen-bond acceptors (Lipinski definition) is 4. The smallest absolute Gasteiger partial charge is 0.352 e. The predicted octanol–water partition coefficient (Wildman–Crippen LogP) is 6.66. The van der Waals surface area contributed by atoms with Gasteiger partial charge in [0, 0.05) is 17.3 Å². The normalized spacial score (nSPS) is 12.0. The highest BCUT2D eigenvalue weighted by Crippen LogP contribution is 2.34. The van der Waals surface area contributed by atoms with Gasteiger partial charge in [0.05, 0.1) is 44.9 Å². The Hall–Kier alpha value is -3.63. The molecule has 0 unspecified atom stereocenters. The van der Waals surface area contributed by atoms with Crippen LogP contribution in [0, 0.1) is 5.41 Å². The summed E-state index contributed by atoms with van der Waals surface area (Å²) in [4.78, 5) is 28.9. The topological polar surface area (TPSA) is 88.9 Å². The van der Waals surface area contributed by atoms with Crippen LogP contribution in [0.5, 0.6) is 0 Å². The van der Waals surface area contributed by atoms with Crippen LogP contribution in [0.2, 0.25) is 10.0 Å². The van der Waals surface area contributed by atoms with E-state index in [-0.39, 0.29) is 33.7 Å². The molecule has 4 aromatic rings. The molecule has 38 heavy (non-hydrogen) atoms. The molecule has 0 bridgehead atoms. The van der Waals surface area contributed by atoms with Crippen molar-refractivity contribution in [3.63, 3.8) is 0 Å². The second-order valence-electron chi connectivity index (χ2n) is 9.48. The lowest BCUT2D eigenvalue weighted by atomic mass is 9.95. The van der Waals surface area contributed by atoms with Crippen molar-refractivity contribution in [2.75, 3.05) is 5.32 Å². The Morgan fingerprint density at radius 2 is 1.74 bits per heavy atom. The maximum atomic E-state index is 13.2. The van der Waals surface area contributed by atoms with Crippen molar-refractivity contribution in [1.82, 2.24) is 20.1 Å². The van der Waals surface area contributed by atoms with Gasteiger partial charge in [-0.25, -0.2) is 9.67 Å². The molecule has 12 heteroatoms. The summed E-state index contributed by atoms with van der Waals surface area (Å²) in [6.45, 7) is 5.50. The maximum Gasteiger partial charge on any atom is 0.433 e. The SMILES string of the molecule is CC(C)(C)C(=O)NCc1cccc(C(=O)Nc2c(Cl)ccc3c2cnn3-c2ccc(C(F)(F)F)nc2)c1Cl. The van der Waals surface area contributed by atoms with Gasteiger partial charge in [-0.05, 0) is 35.9 Å². The largest absolute Gasteiger partial charge is 0.433 e. The van der Waals surface area contributed by atoms with Crippen LogP contribution < -0.4 is 10.6 Å². The highest BCUT2D eigenvalue weighted by atomic mass is 35.5. The van der Waals surface area contributed by atoms with E-state index >= 15 is 0 Å². The quantitative estimate of drug-likeness (QED) is 0.284. The van der Waals surface area contributed by atoms with Gasteiger partial charge >= 0.3 is 6.18 Å². The Morgan fingerprint density at radius 3 is 2.37 bits per heavy atom. The molecule has 0 fully saturated rings. The minimum absolute atomic E-state index is 0.139. The molecule has 2 heterocycles. The maximum absolute atomic E-state index is 13.2. The molecule has 0 aliphatic carbocycles. The summed E-state index contributed by atoms with van der Waals surface area (Å²) >= 11 is 12.9. The first kappa shape index (κ1) is 27.4. The van der Waals surface area contributed by atoms with Crippen molar-refractivity contribution in [2.24, 2.45) is 5.41 Å². The van der Waals surface area contributed by atoms with Crippen LogP contribution in [0.15, 0.2) is 54.9 Å². The van der Waals surface area contributed by atoms with Gasteiger partial charge in [-0.2, -0.15) is 18.3 Å². The summed E-state index contributed by atoms with van der Waals surface area (Å²) in [7, 11) is 0. The third-order valence-corrected chi connectivity index (χ3v) is 6.43. The minimum atomic E-state index is -4.56. The lowest BCUT2D eigenvalue weighted by Gasteiger charge is -2.18. The van der Waals surface area contributed by atoms with Crippen molar-refractivity contribution in [3.05, 3.63) is 81.7 Å². The third-order valence-electron chi connectivity index (χ3n) is 5.67. The number of carbonyl (C=O) groups is 2. The van der Waals surface area contributed by atoms with Crippen LogP contribution in [-0.4, -0.2) is 26.6 Å². The zero-order valence-corrected chi connectivity index (χ0v) is 22.0. The summed E-state index contributed by atoms with van der Waals surface area (Å²) in [5, 5.41) is 10.7. The molecule has 0 atom stereocenters. The number of benzene rings is 2. The van der Waals surface area contributed by atoms with E-state index in [1.54, 1.807) is 39.0 Å². The van der Waals surface area contributed by atoms with Crippen LogP contribution in [0.25, 0.3) is 16.6 Å². The molecule has 0 saturated heterocycles. The molecular formula is C26H22Cl2F3N5O2. The van der Waals surface area contributed by atoms with E-state index in [1.165, 1.54) is 29.1 Å². The average Bonchev–Trinajstić information content (AvgIpc) is 3.28. The van der Waals surface area contributed by atoms with Gasteiger partial charge in [0.15, 0.2) is 0 Å². The minimum Gasteiger partial charge on any atom is -0.352 e. The number of nitrogens with zero attached hydrogens (tertiary/aromatic N) is 3. The molecule has 2 amide bonds. The number of carbonyl (C=O) groups excluding carboxylic acids is 2. The number of amides is 2. The molecule has 2 aromatic heterocycles. The predicted molar refractivity (Wildman–Crippen MR) is 140 cm³/mol. The Bertz CT molecular complexity index is 1530. The highest BCUT2D eigenvalue weighted by molar-refractivity contribution is 6.37. The van der Waals surface area contributed by atoms with E-state index in [4.69, 9.17) is 23.2 Å². The van der Waals surface area contributed by atoms with Gasteiger partial charge in [-0.15, -0.1) is 0 Å². The summed E-state index contributed by atoms with van der Waals surface area (Å²) in [6.07, 6.45) is -2.06. The van der Waals surface area contributed by atoms with Crippen molar-refractivity contribution in [1.29, 1.82) is 0 Å². The first-order chi connectivity index (χ1) is 17.8. The number of hydrogen-bond donors (Lipinski definition) is 2. The fourth-order valence-electron chi connectivity index (χ4n) is 3.60. The third kappa shape index (κ3) is 5.61. The Morgan fingerprint density at radius 1 is 1.00 bits per heavy atom. The molecule has 0 aliphatic heterocycles. The number of anilines is 1. The Labute approximate surface area is 225 Å². The lowest BCUT2D eigenvalue weighted by Crippen LogP contribution is -2.34. The van der Waals surface area contributed by atoms with Crippen LogP contribution >= 0.6 is 23.2 Å². The second kappa shape index (κ2) is 10.3. The van der Waals surface area contributed by atoms with E-state index in [2.05, 4.69) is 20.7 Å². The summed E-state index contributed by atoms with van der Waals surface area (Å²) in [5.74, 6) is -0.709. The number of nitrogens with one attached hydrogen (secondary N) is 2. The number of pyridine rings is 1. The highest BCUT2D eigenvalue weighted by Gasteiger charge is 2.32. The Kier molecular flexibility index (Phi) is 7.40. The van der Waals surface area contributed by atoms with Gasteiger partial charge in [0.25, 0.3) is 5.91 Å². The number of rotatable bonds is 5. The number of fused-ring (bicyclic) bond motifs is 1. The average molecular weight is 564 g/mol. The van der Waals surface area contributed by atoms with Gasteiger partial charge < -0.3 is 10.6 Å². The zero-order valence-electron chi connectivity index (χ0n) is 20.5.